The molecule has 7 heteroatoms. The molecule has 1 rings (SSSR count). The number of amides is 1. The predicted octanol–water partition coefficient (Wildman–Crippen LogP) is 1.38. The molecule has 92 valence electrons. The molecule has 0 aromatic heterocycles. The Morgan fingerprint density at radius 2 is 1.82 bits per heavy atom. The van der Waals surface area contributed by atoms with E-state index in [1.807, 2.05) is 0 Å². The van der Waals surface area contributed by atoms with Gasteiger partial charge in [-0.25, -0.2) is 4.79 Å². The summed E-state index contributed by atoms with van der Waals surface area (Å²) in [6, 6.07) is 2.79. The van der Waals surface area contributed by atoms with Crippen molar-refractivity contribution in [2.24, 2.45) is 0 Å². The molecule has 0 aliphatic carbocycles. The highest BCUT2D eigenvalue weighted by Gasteiger charge is 2.16. The quantitative estimate of drug-likeness (QED) is 0.801. The number of hydrogen-bond donors (Lipinski definition) is 2. The first-order chi connectivity index (χ1) is 7.99. The van der Waals surface area contributed by atoms with E-state index in [1.54, 1.807) is 0 Å². The van der Waals surface area contributed by atoms with Gasteiger partial charge in [0.2, 0.25) is 0 Å². The van der Waals surface area contributed by atoms with Gasteiger partial charge in [-0.1, -0.05) is 11.6 Å². The van der Waals surface area contributed by atoms with Crippen molar-refractivity contribution in [3.05, 3.63) is 17.2 Å². The number of halogens is 1. The van der Waals surface area contributed by atoms with Crippen molar-refractivity contribution >= 4 is 29.2 Å². The van der Waals surface area contributed by atoms with Gasteiger partial charge in [-0.3, -0.25) is 4.79 Å². The fourth-order valence-electron chi connectivity index (χ4n) is 1.13. The predicted molar refractivity (Wildman–Crippen MR) is 60.8 cm³/mol. The molecule has 0 unspecified atom stereocenters. The van der Waals surface area contributed by atoms with E-state index in [-0.39, 0.29) is 16.5 Å². The molecule has 0 spiro atoms. The first-order valence-corrected chi connectivity index (χ1v) is 4.83. The molecule has 0 atom stereocenters. The van der Waals surface area contributed by atoms with Gasteiger partial charge < -0.3 is 19.9 Å². The van der Waals surface area contributed by atoms with E-state index in [1.165, 1.54) is 26.4 Å². The van der Waals surface area contributed by atoms with Crippen LogP contribution in [0.3, 0.4) is 0 Å². The van der Waals surface area contributed by atoms with E-state index in [2.05, 4.69) is 5.32 Å². The Kier molecular flexibility index (Phi) is 4.17. The molecule has 0 radical (unpaired) electrons. The fraction of sp³-hybridized carbons (Fsp3) is 0.200. The molecule has 1 amide bonds. The smallest absolute Gasteiger partial charge is 0.394 e. The second kappa shape index (κ2) is 5.40. The molecule has 17 heavy (non-hydrogen) atoms. The molecule has 1 aromatic carbocycles. The monoisotopic (exact) mass is 259 g/mol. The Morgan fingerprint density at radius 3 is 2.29 bits per heavy atom. The second-order valence-electron chi connectivity index (χ2n) is 2.95. The molecular formula is C10H10ClNO5. The second-order valence-corrected chi connectivity index (χ2v) is 3.35. The van der Waals surface area contributed by atoms with Crippen molar-refractivity contribution in [1.82, 2.24) is 0 Å². The van der Waals surface area contributed by atoms with Crippen LogP contribution in [0.15, 0.2) is 12.1 Å². The maximum Gasteiger partial charge on any atom is 0.394 e. The summed E-state index contributed by atoms with van der Waals surface area (Å²) in [5, 5.41) is 10.8. The topological polar surface area (TPSA) is 84.9 Å². The van der Waals surface area contributed by atoms with Gasteiger partial charge >= 0.3 is 11.9 Å². The van der Waals surface area contributed by atoms with Crippen LogP contribution in [0.25, 0.3) is 0 Å². The molecular weight excluding hydrogens is 250 g/mol. The zero-order chi connectivity index (χ0) is 13.0. The molecule has 0 aliphatic heterocycles. The number of nitrogens with one attached hydrogen (secondary N) is 1. The lowest BCUT2D eigenvalue weighted by molar-refractivity contribution is -0.147. The lowest BCUT2D eigenvalue weighted by atomic mass is 10.2. The molecule has 2 N–H and O–H groups in total. The molecule has 0 heterocycles. The van der Waals surface area contributed by atoms with Gasteiger partial charge in [-0.05, 0) is 6.07 Å². The standard InChI is InChI=1S/C10H10ClNO5/c1-16-7-4-8(17-2)6(3-5(7)11)12-9(13)10(14)15/h3-4H,1-2H3,(H,12,13)(H,14,15). The zero-order valence-corrected chi connectivity index (χ0v) is 9.87. The molecule has 0 aliphatic rings. The van der Waals surface area contributed by atoms with Crippen molar-refractivity contribution in [3.63, 3.8) is 0 Å². The van der Waals surface area contributed by atoms with Crippen LogP contribution in [0.2, 0.25) is 5.02 Å². The van der Waals surface area contributed by atoms with Crippen molar-refractivity contribution in [2.45, 2.75) is 0 Å². The minimum Gasteiger partial charge on any atom is -0.495 e. The number of rotatable bonds is 3. The van der Waals surface area contributed by atoms with Crippen LogP contribution in [0.5, 0.6) is 11.5 Å². The fourth-order valence-corrected chi connectivity index (χ4v) is 1.37. The number of carboxylic acid groups (broad SMARTS) is 1. The number of anilines is 1. The van der Waals surface area contributed by atoms with Gasteiger partial charge in [0.25, 0.3) is 0 Å². The molecule has 0 fully saturated rings. The largest absolute Gasteiger partial charge is 0.495 e. The number of carbonyl (C=O) groups is 2. The SMILES string of the molecule is COc1cc(OC)c(NC(=O)C(=O)O)cc1Cl. The number of benzene rings is 1. The van der Waals surface area contributed by atoms with Gasteiger partial charge in [0.15, 0.2) is 0 Å². The third kappa shape index (κ3) is 3.01. The molecule has 0 saturated heterocycles. The van der Waals surface area contributed by atoms with Crippen LogP contribution >= 0.6 is 11.6 Å². The first kappa shape index (κ1) is 13.1. The minimum atomic E-state index is -1.60. The van der Waals surface area contributed by atoms with E-state index >= 15 is 0 Å². The average Bonchev–Trinajstić information content (AvgIpc) is 2.29. The summed E-state index contributed by atoms with van der Waals surface area (Å²) in [5.74, 6) is -2.17. The Hall–Kier alpha value is -1.95. The number of carbonyl (C=O) groups excluding carboxylic acids is 1. The zero-order valence-electron chi connectivity index (χ0n) is 9.11. The number of hydrogen-bond acceptors (Lipinski definition) is 4. The highest BCUT2D eigenvalue weighted by Crippen LogP contribution is 2.35. The molecule has 6 nitrogen and oxygen atoms in total. The summed E-state index contributed by atoms with van der Waals surface area (Å²) in [7, 11) is 2.80. The van der Waals surface area contributed by atoms with Gasteiger partial charge in [-0.15, -0.1) is 0 Å². The van der Waals surface area contributed by atoms with Gasteiger partial charge in [0, 0.05) is 6.07 Å². The first-order valence-electron chi connectivity index (χ1n) is 4.45. The third-order valence-electron chi connectivity index (χ3n) is 1.92. The van der Waals surface area contributed by atoms with Crippen LogP contribution < -0.4 is 14.8 Å². The Labute approximate surface area is 102 Å². The van der Waals surface area contributed by atoms with Gasteiger partial charge in [0.1, 0.15) is 11.5 Å². The minimum absolute atomic E-state index is 0.158. The lowest BCUT2D eigenvalue weighted by Crippen LogP contribution is -2.22. The number of methoxy groups -OCH3 is 2. The van der Waals surface area contributed by atoms with E-state index in [4.69, 9.17) is 26.2 Å². The number of carboxylic acids is 1. The van der Waals surface area contributed by atoms with Crippen LogP contribution in [-0.4, -0.2) is 31.2 Å². The lowest BCUT2D eigenvalue weighted by Gasteiger charge is -2.11. The van der Waals surface area contributed by atoms with Crippen molar-refractivity contribution in [3.8, 4) is 11.5 Å². The Balaban J connectivity index is 3.10. The summed E-state index contributed by atoms with van der Waals surface area (Å²) in [6.45, 7) is 0. The maximum atomic E-state index is 11.0. The van der Waals surface area contributed by atoms with Crippen molar-refractivity contribution in [1.29, 1.82) is 0 Å². The molecule has 1 aromatic rings. The summed E-state index contributed by atoms with van der Waals surface area (Å²) >= 11 is 5.84. The average molecular weight is 260 g/mol. The summed E-state index contributed by atoms with van der Waals surface area (Å²) in [4.78, 5) is 21.4. The van der Waals surface area contributed by atoms with Crippen molar-refractivity contribution in [2.75, 3.05) is 19.5 Å². The highest BCUT2D eigenvalue weighted by molar-refractivity contribution is 6.37. The number of aliphatic carboxylic acids is 1. The maximum absolute atomic E-state index is 11.0. The van der Waals surface area contributed by atoms with Gasteiger partial charge in [-0.2, -0.15) is 0 Å². The summed E-state index contributed by atoms with van der Waals surface area (Å²) in [6.07, 6.45) is 0. The normalized spacial score (nSPS) is 9.59. The van der Waals surface area contributed by atoms with Gasteiger partial charge in [0.05, 0.1) is 24.9 Å². The highest BCUT2D eigenvalue weighted by atomic mass is 35.5. The summed E-state index contributed by atoms with van der Waals surface area (Å²) in [5.41, 5.74) is 0.158. The van der Waals surface area contributed by atoms with E-state index < -0.39 is 11.9 Å². The summed E-state index contributed by atoms with van der Waals surface area (Å²) < 4.78 is 9.93. The molecule has 0 bridgehead atoms. The Bertz CT molecular complexity index is 460. The third-order valence-corrected chi connectivity index (χ3v) is 2.21. The number of ether oxygens (including phenoxy) is 2. The van der Waals surface area contributed by atoms with E-state index in [0.29, 0.717) is 5.75 Å². The Morgan fingerprint density at radius 1 is 1.24 bits per heavy atom. The van der Waals surface area contributed by atoms with Crippen LogP contribution in [-0.2, 0) is 9.59 Å². The van der Waals surface area contributed by atoms with Crippen LogP contribution in [0.1, 0.15) is 0 Å². The van der Waals surface area contributed by atoms with E-state index in [9.17, 15) is 9.59 Å². The van der Waals surface area contributed by atoms with Crippen LogP contribution in [0, 0.1) is 0 Å². The molecule has 0 saturated carbocycles. The van der Waals surface area contributed by atoms with E-state index in [0.717, 1.165) is 0 Å². The van der Waals surface area contributed by atoms with Crippen LogP contribution in [0.4, 0.5) is 5.69 Å². The van der Waals surface area contributed by atoms with Crippen molar-refractivity contribution < 1.29 is 24.2 Å².